The zero-order valence-electron chi connectivity index (χ0n) is 40.8. The molecule has 0 saturated heterocycles. The summed E-state index contributed by atoms with van der Waals surface area (Å²) in [6.45, 7) is 12.9. The zero-order chi connectivity index (χ0) is 52.8. The molecule has 0 heterocycles. The molecule has 2 nitrogen and oxygen atoms in total. The van der Waals surface area contributed by atoms with E-state index in [1.54, 1.807) is 48.5 Å². The second-order valence-corrected chi connectivity index (χ2v) is 30.7. The lowest BCUT2D eigenvalue weighted by molar-refractivity contribution is -0.137. The first-order valence-electron chi connectivity index (χ1n) is 23.7. The van der Waals surface area contributed by atoms with Crippen molar-refractivity contribution in [1.29, 1.82) is 0 Å². The molecule has 0 saturated carbocycles. The maximum atomic E-state index is 17.1. The van der Waals surface area contributed by atoms with Gasteiger partial charge >= 0.3 is 12.4 Å². The quantitative estimate of drug-likeness (QED) is 0.0765. The molecule has 0 atom stereocenters. The van der Waals surface area contributed by atoms with Crippen LogP contribution in [0.1, 0.15) is 11.1 Å². The smallest absolute Gasteiger partial charge is 0.307 e. The molecule has 14 heteroatoms. The Labute approximate surface area is 423 Å². The Balaban J connectivity index is 1.28. The largest absolute Gasteiger partial charge is 0.417 e. The van der Waals surface area contributed by atoms with Gasteiger partial charge < -0.3 is 9.80 Å². The van der Waals surface area contributed by atoms with Crippen molar-refractivity contribution in [3.05, 3.63) is 204 Å². The van der Waals surface area contributed by atoms with E-state index in [-0.39, 0.29) is 22.5 Å². The SMILES string of the molecule is C[Si](C)(C)c1ccc(N(c2c(F)cc(F)cc2-c2ccccc2C(F)(F)F)c2ccc3ccc4c(N(c5ccc([Si](C)(C)C)cc5)c5c(F)cc(F)cc5-c5ccccc5C(F)(F)F)ccc5ccc2c3c54)cc1. The molecule has 0 radical (unpaired) electrons. The van der Waals surface area contributed by atoms with Gasteiger partial charge in [0.2, 0.25) is 0 Å². The van der Waals surface area contributed by atoms with Crippen molar-refractivity contribution < 1.29 is 43.9 Å². The molecule has 0 unspecified atom stereocenters. The van der Waals surface area contributed by atoms with E-state index in [0.29, 0.717) is 67.2 Å². The van der Waals surface area contributed by atoms with Crippen LogP contribution >= 0.6 is 0 Å². The third-order valence-electron chi connectivity index (χ3n) is 13.6. The molecule has 0 amide bonds. The van der Waals surface area contributed by atoms with Gasteiger partial charge in [-0.3, -0.25) is 0 Å². The first kappa shape index (κ1) is 50.1. The van der Waals surface area contributed by atoms with E-state index < -0.39 is 74.0 Å². The number of hydrogen-bond donors (Lipinski definition) is 0. The average Bonchev–Trinajstić information content (AvgIpc) is 3.34. The van der Waals surface area contributed by atoms with Crippen LogP contribution in [0, 0.1) is 23.3 Å². The van der Waals surface area contributed by atoms with E-state index >= 15 is 17.6 Å². The Morgan fingerprint density at radius 1 is 0.365 bits per heavy atom. The van der Waals surface area contributed by atoms with Crippen LogP contribution in [0.15, 0.2) is 170 Å². The molecule has 0 fully saturated rings. The summed E-state index contributed by atoms with van der Waals surface area (Å²) in [5, 5.41) is 5.71. The number of alkyl halides is 6. The molecular weight excluding hydrogens is 995 g/mol. The van der Waals surface area contributed by atoms with Gasteiger partial charge in [-0.1, -0.05) is 147 Å². The summed E-state index contributed by atoms with van der Waals surface area (Å²) >= 11 is 0. The van der Waals surface area contributed by atoms with Crippen molar-refractivity contribution in [3.8, 4) is 22.3 Å². The summed E-state index contributed by atoms with van der Waals surface area (Å²) in [6.07, 6.45) is -9.79. The van der Waals surface area contributed by atoms with Crippen LogP contribution in [0.5, 0.6) is 0 Å². The highest BCUT2D eigenvalue weighted by molar-refractivity contribution is 6.89. The molecule has 10 aromatic carbocycles. The highest BCUT2D eigenvalue weighted by atomic mass is 28.3. The molecule has 10 aromatic rings. The Kier molecular flexibility index (Phi) is 12.3. The molecule has 0 bridgehead atoms. The number of hydrogen-bond acceptors (Lipinski definition) is 2. The predicted octanol–water partition coefficient (Wildman–Crippen LogP) is 18.5. The summed E-state index contributed by atoms with van der Waals surface area (Å²) < 4.78 is 154. The molecular formula is C60H46F10N2Si2. The molecule has 0 aliphatic heterocycles. The van der Waals surface area contributed by atoms with Crippen molar-refractivity contribution in [3.63, 3.8) is 0 Å². The van der Waals surface area contributed by atoms with Crippen LogP contribution in [-0.2, 0) is 12.4 Å². The first-order valence-corrected chi connectivity index (χ1v) is 30.7. The lowest BCUT2D eigenvalue weighted by atomic mass is 9.91. The second-order valence-electron chi connectivity index (χ2n) is 20.5. The zero-order valence-corrected chi connectivity index (χ0v) is 42.8. The van der Waals surface area contributed by atoms with Gasteiger partial charge in [0.1, 0.15) is 11.6 Å². The Morgan fingerprint density at radius 2 is 0.703 bits per heavy atom. The fourth-order valence-corrected chi connectivity index (χ4v) is 12.4. The summed E-state index contributed by atoms with van der Waals surface area (Å²) in [7, 11) is -3.85. The van der Waals surface area contributed by atoms with E-state index in [0.717, 1.165) is 34.6 Å². The van der Waals surface area contributed by atoms with Gasteiger partial charge in [0.15, 0.2) is 11.6 Å². The van der Waals surface area contributed by atoms with Crippen LogP contribution < -0.4 is 20.2 Å². The van der Waals surface area contributed by atoms with E-state index in [1.165, 1.54) is 46.2 Å². The van der Waals surface area contributed by atoms with Crippen molar-refractivity contribution in [1.82, 2.24) is 0 Å². The highest BCUT2D eigenvalue weighted by Gasteiger charge is 2.37. The van der Waals surface area contributed by atoms with Crippen molar-refractivity contribution in [2.24, 2.45) is 0 Å². The molecule has 10 rings (SSSR count). The predicted molar refractivity (Wildman–Crippen MR) is 286 cm³/mol. The Morgan fingerprint density at radius 3 is 1.04 bits per heavy atom. The topological polar surface area (TPSA) is 6.48 Å². The van der Waals surface area contributed by atoms with E-state index in [2.05, 4.69) is 39.3 Å². The third kappa shape index (κ3) is 8.97. The van der Waals surface area contributed by atoms with Crippen molar-refractivity contribution in [2.75, 3.05) is 9.80 Å². The minimum absolute atomic E-state index is 0.323. The third-order valence-corrected chi connectivity index (χ3v) is 17.8. The maximum Gasteiger partial charge on any atom is 0.417 e. The van der Waals surface area contributed by atoms with Gasteiger partial charge in [-0.25, -0.2) is 17.6 Å². The average molecular weight is 1040 g/mol. The number of halogens is 10. The molecule has 0 N–H and O–H groups in total. The minimum Gasteiger partial charge on any atom is -0.307 e. The van der Waals surface area contributed by atoms with Crippen LogP contribution in [-0.4, -0.2) is 16.1 Å². The Hall–Kier alpha value is -7.43. The normalized spacial score (nSPS) is 12.6. The van der Waals surface area contributed by atoms with Gasteiger partial charge in [0, 0.05) is 45.4 Å². The van der Waals surface area contributed by atoms with Crippen LogP contribution in [0.25, 0.3) is 54.6 Å². The molecule has 0 spiro atoms. The first-order chi connectivity index (χ1) is 34.9. The second kappa shape index (κ2) is 18.2. The summed E-state index contributed by atoms with van der Waals surface area (Å²) in [6, 6.07) is 41.3. The van der Waals surface area contributed by atoms with Gasteiger partial charge in [-0.15, -0.1) is 0 Å². The molecule has 74 heavy (non-hydrogen) atoms. The maximum absolute atomic E-state index is 17.1. The monoisotopic (exact) mass is 1040 g/mol. The van der Waals surface area contributed by atoms with Gasteiger partial charge in [-0.05, 0) is 93.3 Å². The highest BCUT2D eigenvalue weighted by Crippen LogP contribution is 2.52. The van der Waals surface area contributed by atoms with Crippen molar-refractivity contribution >= 4 is 93.0 Å². The molecule has 0 aliphatic rings. The fraction of sp³-hybridized carbons (Fsp3) is 0.133. The van der Waals surface area contributed by atoms with Crippen LogP contribution in [0.2, 0.25) is 39.3 Å². The Bertz CT molecular complexity index is 3530. The molecule has 0 aromatic heterocycles. The fourth-order valence-electron chi connectivity index (χ4n) is 10.1. The van der Waals surface area contributed by atoms with Gasteiger partial charge in [-0.2, -0.15) is 26.3 Å². The summed E-state index contributed by atoms with van der Waals surface area (Å²) in [5.74, 6) is -4.42. The minimum atomic E-state index is -4.89. The van der Waals surface area contributed by atoms with Gasteiger partial charge in [0.05, 0.1) is 50.0 Å². The summed E-state index contributed by atoms with van der Waals surface area (Å²) in [4.78, 5) is 3.01. The lowest BCUT2D eigenvalue weighted by Gasteiger charge is -2.32. The molecule has 0 aliphatic carbocycles. The lowest BCUT2D eigenvalue weighted by Crippen LogP contribution is -2.37. The number of anilines is 6. The van der Waals surface area contributed by atoms with E-state index in [9.17, 15) is 26.3 Å². The molecule has 374 valence electrons. The number of rotatable bonds is 10. The van der Waals surface area contributed by atoms with E-state index in [1.807, 2.05) is 48.5 Å². The number of benzene rings is 10. The van der Waals surface area contributed by atoms with Crippen LogP contribution in [0.3, 0.4) is 0 Å². The van der Waals surface area contributed by atoms with Crippen LogP contribution in [0.4, 0.5) is 78.0 Å². The standard InChI is InChI=1S/C60H46F10N2Si2/c1-73(2,3)41-23-19-39(20-24-41)71(57-47(31-37(61)33-51(57)63)43-11-7-9-13-49(43)59(65,66)67)53-29-17-35-16-28-46-54(30-18-36-15-27-45(53)55(35)56(36)46)72(40-21-25-42(26-22-40)74(4,5)6)58-48(32-38(62)34-52(58)64)44-12-8-10-14-50(44)60(68,69)70/h7-34H,1-6H3. The van der Waals surface area contributed by atoms with Crippen molar-refractivity contribution in [2.45, 2.75) is 51.6 Å². The van der Waals surface area contributed by atoms with Gasteiger partial charge in [0.25, 0.3) is 0 Å². The van der Waals surface area contributed by atoms with E-state index in [4.69, 9.17) is 0 Å². The number of nitrogens with zero attached hydrogens (tertiary/aromatic N) is 2. The summed E-state index contributed by atoms with van der Waals surface area (Å²) in [5.41, 5.74) is -3.07.